The topological polar surface area (TPSA) is 173 Å². The molecule has 0 spiro atoms. The van der Waals surface area contributed by atoms with Gasteiger partial charge >= 0.3 is 12.1 Å². The summed E-state index contributed by atoms with van der Waals surface area (Å²) in [5.41, 5.74) is 0. The van der Waals surface area contributed by atoms with Crippen LogP contribution in [0.2, 0.25) is 0 Å². The van der Waals surface area contributed by atoms with E-state index in [0.717, 1.165) is 12.8 Å². The largest absolute Gasteiger partial charge is 0.461 e. The summed E-state index contributed by atoms with van der Waals surface area (Å²) in [5.74, 6) is -2.67. The highest BCUT2D eigenvalue weighted by molar-refractivity contribution is 5.73. The number of ether oxygens (including phenoxy) is 5. The number of hydrogen-bond acceptors (Lipinski definition) is 11. The van der Waals surface area contributed by atoms with Crippen LogP contribution in [-0.4, -0.2) is 100 Å². The third kappa shape index (κ3) is 19.4. The molecule has 2 saturated heterocycles. The molecule has 2 heterocycles. The zero-order valence-corrected chi connectivity index (χ0v) is 34.1. The molecule has 0 aromatic heterocycles. The van der Waals surface area contributed by atoms with E-state index in [1.165, 1.54) is 12.2 Å². The molecular weight excluding hydrogens is 730 g/mol. The summed E-state index contributed by atoms with van der Waals surface area (Å²) in [7, 11) is 0. The van der Waals surface area contributed by atoms with Crippen molar-refractivity contribution >= 4 is 12.1 Å². The van der Waals surface area contributed by atoms with Crippen LogP contribution >= 0.6 is 0 Å². The molecule has 0 bridgehead atoms. The molecule has 2 fully saturated rings. The first-order chi connectivity index (χ1) is 27.3. The quantitative estimate of drug-likeness (QED) is 0.0405. The van der Waals surface area contributed by atoms with E-state index >= 15 is 0 Å². The number of esters is 1. The minimum absolute atomic E-state index is 0.0163. The van der Waals surface area contributed by atoms with Crippen molar-refractivity contribution in [2.75, 3.05) is 13.2 Å². The lowest BCUT2D eigenvalue weighted by molar-refractivity contribution is -0.281. The first kappa shape index (κ1) is 49.3. The van der Waals surface area contributed by atoms with Crippen LogP contribution in [0, 0.1) is 11.8 Å². The molecule has 2 rings (SSSR count). The van der Waals surface area contributed by atoms with E-state index in [9.17, 15) is 30.0 Å². The highest BCUT2D eigenvalue weighted by Crippen LogP contribution is 2.38. The number of alkyl carbamates (subject to hydrolysis) is 1. The average molecular weight is 798 g/mol. The first-order valence-electron chi connectivity index (χ1n) is 20.1. The Kier molecular flexibility index (Phi) is 23.9. The number of aliphatic hydroxyl groups is 4. The van der Waals surface area contributed by atoms with E-state index in [1.54, 1.807) is 13.8 Å². The molecule has 12 nitrogen and oxygen atoms in total. The van der Waals surface area contributed by atoms with Gasteiger partial charge in [0.2, 0.25) is 0 Å². The van der Waals surface area contributed by atoms with Crippen molar-refractivity contribution < 1.29 is 53.7 Å². The van der Waals surface area contributed by atoms with Gasteiger partial charge in [0.15, 0.2) is 12.1 Å². The minimum Gasteiger partial charge on any atom is -0.461 e. The molecule has 1 amide bonds. The van der Waals surface area contributed by atoms with Gasteiger partial charge in [0, 0.05) is 31.6 Å². The molecule has 2 aliphatic heterocycles. The third-order valence-corrected chi connectivity index (χ3v) is 9.79. The van der Waals surface area contributed by atoms with Crippen molar-refractivity contribution in [1.82, 2.24) is 5.32 Å². The molecule has 0 aromatic rings. The van der Waals surface area contributed by atoms with Crippen LogP contribution in [0.3, 0.4) is 0 Å². The van der Waals surface area contributed by atoms with E-state index in [4.69, 9.17) is 23.7 Å². The van der Waals surface area contributed by atoms with Crippen molar-refractivity contribution in [3.63, 3.8) is 0 Å². The monoisotopic (exact) mass is 797 g/mol. The van der Waals surface area contributed by atoms with E-state index in [0.29, 0.717) is 25.7 Å². The Balaban J connectivity index is 2.16. The van der Waals surface area contributed by atoms with E-state index in [2.05, 4.69) is 18.5 Å². The predicted molar refractivity (Wildman–Crippen MR) is 222 cm³/mol. The maximum atomic E-state index is 13.2. The summed E-state index contributed by atoms with van der Waals surface area (Å²) in [6.45, 7) is 14.5. The SMILES string of the molecule is C=CCOC(=O)N[C@@H]1CC(OC(/C=C/C=C/C=C/C=C/C=C/C=C/C=C/CC(O)[C@@H](C)[C@H](C)O)C[C@@H]2OC(O)(CCCC)CCC2C(=O)OCC=C)O[C@H](C)C1O. The van der Waals surface area contributed by atoms with Crippen molar-refractivity contribution in [2.45, 2.75) is 134 Å². The number of carbonyl (C=O) groups excluding carboxylic acids is 2. The van der Waals surface area contributed by atoms with Crippen LogP contribution in [0.5, 0.6) is 0 Å². The number of unbranched alkanes of at least 4 members (excludes halogenated alkanes) is 1. The highest BCUT2D eigenvalue weighted by Gasteiger charge is 2.45. The van der Waals surface area contributed by atoms with Gasteiger partial charge in [0.05, 0.1) is 42.5 Å². The fraction of sp³-hybridized carbons (Fsp3) is 0.556. The van der Waals surface area contributed by atoms with Gasteiger partial charge in [-0.2, -0.15) is 0 Å². The number of carbonyl (C=O) groups is 2. The number of hydrogen-bond donors (Lipinski definition) is 5. The van der Waals surface area contributed by atoms with Crippen molar-refractivity contribution in [2.24, 2.45) is 11.8 Å². The Hall–Kier alpha value is -3.88. The molecule has 6 unspecified atom stereocenters. The highest BCUT2D eigenvalue weighted by atomic mass is 16.7. The summed E-state index contributed by atoms with van der Waals surface area (Å²) in [6, 6.07) is -0.718. The smallest absolute Gasteiger partial charge is 0.407 e. The Morgan fingerprint density at radius 1 is 0.930 bits per heavy atom. The lowest BCUT2D eigenvalue weighted by atomic mass is 9.85. The Morgan fingerprint density at radius 3 is 2.12 bits per heavy atom. The number of allylic oxidation sites excluding steroid dienone is 12. The molecule has 0 saturated carbocycles. The summed E-state index contributed by atoms with van der Waals surface area (Å²) in [4.78, 5) is 25.5. The minimum atomic E-state index is -1.39. The zero-order valence-electron chi connectivity index (χ0n) is 34.1. The fourth-order valence-electron chi connectivity index (χ4n) is 6.23. The standard InChI is InChI=1S/C45H67NO11/c1-7-10-27-45(52)28-26-37(43(50)53-29-8-2)40(57-45)31-36(56-41-32-38(42(49)35(6)55-41)46-44(51)54-30-9-3)24-22-20-18-16-14-12-11-13-15-17-19-21-23-25-39(48)33(4)34(5)47/h8-9,11-24,33-42,47-49,52H,2-3,7,10,25-32H2,1,4-6H3,(H,46,51)/b12-11+,15-13+,16-14+,19-17+,20-18+,23-21+,24-22+/t33-,34-,35+,36?,37?,38+,39?,40-,41?,42?,45?/m0/s1. The van der Waals surface area contributed by atoms with Crippen LogP contribution in [-0.2, 0) is 28.5 Å². The lowest BCUT2D eigenvalue weighted by Crippen LogP contribution is -2.56. The molecule has 11 atom stereocenters. The Morgan fingerprint density at radius 2 is 1.53 bits per heavy atom. The van der Waals surface area contributed by atoms with Crippen LogP contribution in [0.15, 0.2) is 110 Å². The molecule has 0 aromatic carbocycles. The Labute approximate surface area is 339 Å². The maximum Gasteiger partial charge on any atom is 0.407 e. The third-order valence-electron chi connectivity index (χ3n) is 9.79. The summed E-state index contributed by atoms with van der Waals surface area (Å²) < 4.78 is 29.2. The number of amides is 1. The molecule has 57 heavy (non-hydrogen) atoms. The first-order valence-corrected chi connectivity index (χ1v) is 20.1. The second-order valence-electron chi connectivity index (χ2n) is 14.5. The maximum absolute atomic E-state index is 13.2. The van der Waals surface area contributed by atoms with Crippen LogP contribution in [0.1, 0.15) is 79.1 Å². The van der Waals surface area contributed by atoms with Crippen LogP contribution < -0.4 is 5.32 Å². The second kappa shape index (κ2) is 27.7. The zero-order chi connectivity index (χ0) is 42.1. The molecular formula is C45H67NO11. The number of nitrogens with one attached hydrogen (secondary N) is 1. The number of rotatable bonds is 24. The van der Waals surface area contributed by atoms with E-state index < -0.39 is 72.7 Å². The van der Waals surface area contributed by atoms with Crippen LogP contribution in [0.25, 0.3) is 0 Å². The second-order valence-corrected chi connectivity index (χ2v) is 14.5. The van der Waals surface area contributed by atoms with Crippen molar-refractivity contribution in [3.8, 4) is 0 Å². The summed E-state index contributed by atoms with van der Waals surface area (Å²) in [5, 5.41) is 44.4. The summed E-state index contributed by atoms with van der Waals surface area (Å²) in [6.07, 6.45) is 26.7. The van der Waals surface area contributed by atoms with Gasteiger partial charge in [-0.25, -0.2) is 4.79 Å². The van der Waals surface area contributed by atoms with Gasteiger partial charge in [-0.3, -0.25) is 4.79 Å². The van der Waals surface area contributed by atoms with Gasteiger partial charge in [-0.1, -0.05) is 131 Å². The van der Waals surface area contributed by atoms with E-state index in [-0.39, 0.29) is 32.0 Å². The van der Waals surface area contributed by atoms with Gasteiger partial charge in [-0.05, 0) is 33.1 Å². The van der Waals surface area contributed by atoms with Gasteiger partial charge in [0.25, 0.3) is 0 Å². The molecule has 0 aliphatic carbocycles. The molecule has 2 aliphatic rings. The van der Waals surface area contributed by atoms with Crippen LogP contribution in [0.4, 0.5) is 4.79 Å². The van der Waals surface area contributed by atoms with E-state index in [1.807, 2.05) is 98.9 Å². The number of aliphatic hydroxyl groups excluding tert-OH is 3. The molecule has 318 valence electrons. The van der Waals surface area contributed by atoms with Crippen molar-refractivity contribution in [3.05, 3.63) is 110 Å². The van der Waals surface area contributed by atoms with Gasteiger partial charge < -0.3 is 49.4 Å². The molecule has 5 N–H and O–H groups in total. The average Bonchev–Trinajstić information content (AvgIpc) is 3.18. The summed E-state index contributed by atoms with van der Waals surface area (Å²) >= 11 is 0. The predicted octanol–water partition coefficient (Wildman–Crippen LogP) is 6.60. The normalized spacial score (nSPS) is 28.1. The van der Waals surface area contributed by atoms with Gasteiger partial charge in [-0.15, -0.1) is 0 Å². The molecule has 12 heteroatoms. The molecule has 0 radical (unpaired) electrons. The Bertz CT molecular complexity index is 1420. The lowest BCUT2D eigenvalue weighted by Gasteiger charge is -2.43. The van der Waals surface area contributed by atoms with Gasteiger partial charge in [0.1, 0.15) is 19.3 Å². The fourth-order valence-corrected chi connectivity index (χ4v) is 6.23. The van der Waals surface area contributed by atoms with Crippen molar-refractivity contribution in [1.29, 1.82) is 0 Å².